The van der Waals surface area contributed by atoms with E-state index in [0.717, 1.165) is 32.4 Å². The Bertz CT molecular complexity index is 230. The van der Waals surface area contributed by atoms with Crippen LogP contribution in [0.3, 0.4) is 0 Å². The molecular formula is C14H27NO2. The first kappa shape index (κ1) is 14.5. The summed E-state index contributed by atoms with van der Waals surface area (Å²) in [4.78, 5) is 13.4. The van der Waals surface area contributed by atoms with Crippen molar-refractivity contribution in [3.63, 3.8) is 0 Å². The van der Waals surface area contributed by atoms with Gasteiger partial charge in [-0.2, -0.15) is 0 Å². The largest absolute Gasteiger partial charge is 0.480 e. The van der Waals surface area contributed by atoms with Gasteiger partial charge in [-0.3, -0.25) is 9.69 Å². The van der Waals surface area contributed by atoms with Gasteiger partial charge in [-0.25, -0.2) is 0 Å². The molecule has 0 radical (unpaired) electrons. The van der Waals surface area contributed by atoms with Gasteiger partial charge in [0.1, 0.15) is 6.04 Å². The van der Waals surface area contributed by atoms with Crippen LogP contribution < -0.4 is 0 Å². The van der Waals surface area contributed by atoms with Crippen LogP contribution in [0, 0.1) is 5.92 Å². The second kappa shape index (κ2) is 7.70. The Kier molecular flexibility index (Phi) is 6.56. The number of carboxylic acids is 1. The van der Waals surface area contributed by atoms with E-state index in [9.17, 15) is 9.90 Å². The molecule has 0 saturated carbocycles. The second-order valence-corrected chi connectivity index (χ2v) is 5.43. The van der Waals surface area contributed by atoms with E-state index in [-0.39, 0.29) is 6.04 Å². The van der Waals surface area contributed by atoms with E-state index < -0.39 is 5.97 Å². The van der Waals surface area contributed by atoms with E-state index >= 15 is 0 Å². The fourth-order valence-electron chi connectivity index (χ4n) is 2.63. The Hall–Kier alpha value is -0.570. The molecule has 0 aliphatic carbocycles. The lowest BCUT2D eigenvalue weighted by atomic mass is 9.92. The quantitative estimate of drug-likeness (QED) is 0.696. The van der Waals surface area contributed by atoms with Gasteiger partial charge in [-0.05, 0) is 38.3 Å². The van der Waals surface area contributed by atoms with Gasteiger partial charge in [0.25, 0.3) is 0 Å². The highest BCUT2D eigenvalue weighted by Crippen LogP contribution is 2.23. The average molecular weight is 241 g/mol. The number of rotatable bonds is 7. The normalized spacial score (nSPS) is 26.0. The van der Waals surface area contributed by atoms with Crippen LogP contribution in [0.25, 0.3) is 0 Å². The Morgan fingerprint density at radius 3 is 2.65 bits per heavy atom. The van der Waals surface area contributed by atoms with Crippen LogP contribution in [0.2, 0.25) is 0 Å². The Labute approximate surface area is 105 Å². The van der Waals surface area contributed by atoms with E-state index in [1.807, 2.05) is 0 Å². The SMILES string of the molecule is CCCCCCCN1CCC(C)CC1C(=O)O. The third kappa shape index (κ3) is 5.07. The number of hydrogen-bond donors (Lipinski definition) is 1. The maximum absolute atomic E-state index is 11.2. The summed E-state index contributed by atoms with van der Waals surface area (Å²) in [6.45, 7) is 6.31. The molecule has 0 spiro atoms. The van der Waals surface area contributed by atoms with E-state index in [1.165, 1.54) is 25.7 Å². The first-order valence-corrected chi connectivity index (χ1v) is 7.12. The van der Waals surface area contributed by atoms with Gasteiger partial charge in [-0.15, -0.1) is 0 Å². The van der Waals surface area contributed by atoms with Crippen LogP contribution in [0.15, 0.2) is 0 Å². The predicted molar refractivity (Wildman–Crippen MR) is 70.2 cm³/mol. The highest BCUT2D eigenvalue weighted by molar-refractivity contribution is 5.73. The molecule has 1 aliphatic rings. The topological polar surface area (TPSA) is 40.5 Å². The third-order valence-corrected chi connectivity index (χ3v) is 3.81. The summed E-state index contributed by atoms with van der Waals surface area (Å²) in [6, 6.07) is -0.232. The van der Waals surface area contributed by atoms with E-state index in [2.05, 4.69) is 18.7 Å². The molecule has 1 N–H and O–H groups in total. The van der Waals surface area contributed by atoms with Crippen molar-refractivity contribution < 1.29 is 9.90 Å². The van der Waals surface area contributed by atoms with E-state index in [1.54, 1.807) is 0 Å². The number of carbonyl (C=O) groups is 1. The summed E-state index contributed by atoms with van der Waals surface area (Å²) < 4.78 is 0. The smallest absolute Gasteiger partial charge is 0.320 e. The molecule has 0 bridgehead atoms. The summed E-state index contributed by atoms with van der Waals surface area (Å²) in [6.07, 6.45) is 8.23. The number of unbranched alkanes of at least 4 members (excludes halogenated alkanes) is 4. The van der Waals surface area contributed by atoms with Crippen molar-refractivity contribution in [1.29, 1.82) is 0 Å². The molecule has 3 nitrogen and oxygen atoms in total. The third-order valence-electron chi connectivity index (χ3n) is 3.81. The van der Waals surface area contributed by atoms with Crippen LogP contribution >= 0.6 is 0 Å². The minimum atomic E-state index is -0.634. The molecule has 2 unspecified atom stereocenters. The first-order valence-electron chi connectivity index (χ1n) is 7.12. The van der Waals surface area contributed by atoms with Gasteiger partial charge < -0.3 is 5.11 Å². The van der Waals surface area contributed by atoms with Gasteiger partial charge in [0, 0.05) is 0 Å². The molecule has 0 aromatic rings. The van der Waals surface area contributed by atoms with Crippen LogP contribution in [0.4, 0.5) is 0 Å². The summed E-state index contributed by atoms with van der Waals surface area (Å²) in [5, 5.41) is 9.23. The number of nitrogens with zero attached hydrogens (tertiary/aromatic N) is 1. The fourth-order valence-corrected chi connectivity index (χ4v) is 2.63. The lowest BCUT2D eigenvalue weighted by molar-refractivity contribution is -0.145. The summed E-state index contributed by atoms with van der Waals surface area (Å²) in [7, 11) is 0. The van der Waals surface area contributed by atoms with Crippen molar-refractivity contribution in [3.05, 3.63) is 0 Å². The molecule has 0 aromatic carbocycles. The maximum atomic E-state index is 11.2. The van der Waals surface area contributed by atoms with Gasteiger partial charge in [0.2, 0.25) is 0 Å². The van der Waals surface area contributed by atoms with Crippen molar-refractivity contribution in [2.75, 3.05) is 13.1 Å². The highest BCUT2D eigenvalue weighted by atomic mass is 16.4. The molecule has 17 heavy (non-hydrogen) atoms. The standard InChI is InChI=1S/C14H27NO2/c1-3-4-5-6-7-9-15-10-8-12(2)11-13(15)14(16)17/h12-13H,3-11H2,1-2H3,(H,16,17). The zero-order chi connectivity index (χ0) is 12.7. The van der Waals surface area contributed by atoms with E-state index in [0.29, 0.717) is 5.92 Å². The number of carboxylic acid groups (broad SMARTS) is 1. The van der Waals surface area contributed by atoms with Gasteiger partial charge in [0.05, 0.1) is 0 Å². The van der Waals surface area contributed by atoms with Crippen molar-refractivity contribution >= 4 is 5.97 Å². The van der Waals surface area contributed by atoms with Crippen molar-refractivity contribution in [2.45, 2.75) is 64.8 Å². The molecule has 2 atom stereocenters. The Morgan fingerprint density at radius 1 is 1.29 bits per heavy atom. The zero-order valence-corrected chi connectivity index (χ0v) is 11.3. The fraction of sp³-hybridized carbons (Fsp3) is 0.929. The minimum Gasteiger partial charge on any atom is -0.480 e. The van der Waals surface area contributed by atoms with Crippen LogP contribution in [-0.2, 0) is 4.79 Å². The molecule has 1 heterocycles. The monoisotopic (exact) mass is 241 g/mol. The second-order valence-electron chi connectivity index (χ2n) is 5.43. The summed E-state index contributed by atoms with van der Waals surface area (Å²) >= 11 is 0. The molecule has 1 aliphatic heterocycles. The lowest BCUT2D eigenvalue weighted by Gasteiger charge is -2.35. The van der Waals surface area contributed by atoms with Crippen LogP contribution in [0.1, 0.15) is 58.8 Å². The zero-order valence-electron chi connectivity index (χ0n) is 11.3. The summed E-state index contributed by atoms with van der Waals surface area (Å²) in [5.41, 5.74) is 0. The molecule has 100 valence electrons. The predicted octanol–water partition coefficient (Wildman–Crippen LogP) is 3.14. The summed E-state index contributed by atoms with van der Waals surface area (Å²) in [5.74, 6) is -0.0717. The van der Waals surface area contributed by atoms with Crippen LogP contribution in [0.5, 0.6) is 0 Å². The van der Waals surface area contributed by atoms with Gasteiger partial charge >= 0.3 is 5.97 Å². The molecule has 0 amide bonds. The van der Waals surface area contributed by atoms with Crippen molar-refractivity contribution in [3.8, 4) is 0 Å². The van der Waals surface area contributed by atoms with Crippen molar-refractivity contribution in [2.24, 2.45) is 5.92 Å². The minimum absolute atomic E-state index is 0.232. The number of aliphatic carboxylic acids is 1. The maximum Gasteiger partial charge on any atom is 0.320 e. The number of likely N-dealkylation sites (tertiary alicyclic amines) is 1. The molecular weight excluding hydrogens is 214 g/mol. The lowest BCUT2D eigenvalue weighted by Crippen LogP contribution is -2.47. The molecule has 3 heteroatoms. The average Bonchev–Trinajstić information content (AvgIpc) is 2.30. The molecule has 1 fully saturated rings. The molecule has 1 rings (SSSR count). The van der Waals surface area contributed by atoms with Gasteiger partial charge in [-0.1, -0.05) is 39.5 Å². The Balaban J connectivity index is 2.27. The first-order chi connectivity index (χ1) is 8.15. The van der Waals surface area contributed by atoms with Crippen molar-refractivity contribution in [1.82, 2.24) is 4.90 Å². The number of hydrogen-bond acceptors (Lipinski definition) is 2. The van der Waals surface area contributed by atoms with E-state index in [4.69, 9.17) is 0 Å². The number of piperidine rings is 1. The highest BCUT2D eigenvalue weighted by Gasteiger charge is 2.30. The van der Waals surface area contributed by atoms with Gasteiger partial charge in [0.15, 0.2) is 0 Å². The molecule has 0 aromatic heterocycles. The van der Waals surface area contributed by atoms with Crippen LogP contribution in [-0.4, -0.2) is 35.1 Å². The Morgan fingerprint density at radius 2 is 2.00 bits per heavy atom. The molecule has 1 saturated heterocycles.